The van der Waals surface area contributed by atoms with Crippen molar-refractivity contribution in [3.05, 3.63) is 53.3 Å². The van der Waals surface area contributed by atoms with E-state index < -0.39 is 11.8 Å². The number of aromatic carboxylic acids is 1. The minimum atomic E-state index is -1.18. The largest absolute Gasteiger partial charge is 0.496 e. The molecule has 0 saturated heterocycles. The third-order valence-corrected chi connectivity index (χ3v) is 3.89. The van der Waals surface area contributed by atoms with Gasteiger partial charge in [-0.1, -0.05) is 24.3 Å². The molecule has 0 aliphatic rings. The lowest BCUT2D eigenvalue weighted by Crippen LogP contribution is -2.02. The highest BCUT2D eigenvalue weighted by molar-refractivity contribution is 7.94. The van der Waals surface area contributed by atoms with E-state index in [4.69, 9.17) is 10.6 Å². The van der Waals surface area contributed by atoms with E-state index in [1.807, 2.05) is 12.1 Å². The quantitative estimate of drug-likeness (QED) is 0.326. The minimum absolute atomic E-state index is 0.0143. The SMILES string of the molecule is COc1cc(F)c(-c2ccc(CCSOON)cc2)cc1C(=O)O. The van der Waals surface area contributed by atoms with Crippen molar-refractivity contribution in [1.29, 1.82) is 0 Å². The Kier molecular flexibility index (Phi) is 6.56. The molecule has 2 rings (SSSR count). The van der Waals surface area contributed by atoms with Gasteiger partial charge in [-0.15, -0.1) is 9.32 Å². The van der Waals surface area contributed by atoms with Crippen molar-refractivity contribution < 1.29 is 28.4 Å². The third-order valence-electron chi connectivity index (χ3n) is 3.35. The number of carboxylic acids is 1. The highest BCUT2D eigenvalue weighted by Gasteiger charge is 2.16. The molecule has 0 aliphatic heterocycles. The van der Waals surface area contributed by atoms with Crippen LogP contribution >= 0.6 is 12.0 Å². The second-order valence-electron chi connectivity index (χ2n) is 4.77. The molecule has 0 amide bonds. The number of methoxy groups -OCH3 is 1. The molecule has 8 heteroatoms. The number of benzene rings is 2. The molecule has 0 heterocycles. The maximum atomic E-state index is 14.2. The fraction of sp³-hybridized carbons (Fsp3) is 0.188. The number of carbonyl (C=O) groups is 1. The van der Waals surface area contributed by atoms with E-state index in [1.54, 1.807) is 12.1 Å². The molecule has 24 heavy (non-hydrogen) atoms. The summed E-state index contributed by atoms with van der Waals surface area (Å²) in [5.41, 5.74) is 1.71. The van der Waals surface area contributed by atoms with Gasteiger partial charge in [-0.3, -0.25) is 0 Å². The molecular weight excluding hydrogens is 337 g/mol. The number of halogens is 1. The van der Waals surface area contributed by atoms with Crippen LogP contribution in [0, 0.1) is 5.82 Å². The van der Waals surface area contributed by atoms with Crippen LogP contribution in [0.1, 0.15) is 15.9 Å². The lowest BCUT2D eigenvalue weighted by molar-refractivity contribution is -0.195. The molecule has 0 saturated carbocycles. The first-order valence-electron chi connectivity index (χ1n) is 6.92. The molecule has 0 radical (unpaired) electrons. The Morgan fingerprint density at radius 1 is 1.29 bits per heavy atom. The van der Waals surface area contributed by atoms with E-state index in [2.05, 4.69) is 9.32 Å². The maximum Gasteiger partial charge on any atom is 0.339 e. The molecule has 2 aromatic rings. The number of carboxylic acid groups (broad SMARTS) is 1. The van der Waals surface area contributed by atoms with E-state index >= 15 is 0 Å². The lowest BCUT2D eigenvalue weighted by Gasteiger charge is -2.10. The molecule has 0 atom stereocenters. The van der Waals surface area contributed by atoms with E-state index in [1.165, 1.54) is 13.2 Å². The summed E-state index contributed by atoms with van der Waals surface area (Å²) in [6.07, 6.45) is 0.708. The number of hydrogen-bond acceptors (Lipinski definition) is 6. The van der Waals surface area contributed by atoms with E-state index in [0.29, 0.717) is 17.7 Å². The summed E-state index contributed by atoms with van der Waals surface area (Å²) in [4.78, 5) is 15.2. The third kappa shape index (κ3) is 4.45. The van der Waals surface area contributed by atoms with Gasteiger partial charge in [0.15, 0.2) is 0 Å². The van der Waals surface area contributed by atoms with Gasteiger partial charge in [0.25, 0.3) is 0 Å². The fourth-order valence-electron chi connectivity index (χ4n) is 2.18. The van der Waals surface area contributed by atoms with Crippen molar-refractivity contribution >= 4 is 18.0 Å². The standard InChI is InChI=1S/C16H16FNO5S/c1-21-15-9-14(17)12(8-13(15)16(19)20)11-4-2-10(3-5-11)6-7-24-23-22-18/h2-5,8-9H,6-7,18H2,1H3,(H,19,20). The zero-order valence-corrected chi connectivity index (χ0v) is 13.6. The molecule has 0 aliphatic carbocycles. The Morgan fingerprint density at radius 3 is 2.58 bits per heavy atom. The molecular formula is C16H16FNO5S. The van der Waals surface area contributed by atoms with Gasteiger partial charge in [-0.05, 0) is 23.6 Å². The van der Waals surface area contributed by atoms with Crippen molar-refractivity contribution in [2.75, 3.05) is 12.9 Å². The average Bonchev–Trinajstić information content (AvgIpc) is 2.59. The highest BCUT2D eigenvalue weighted by Crippen LogP contribution is 2.30. The van der Waals surface area contributed by atoms with Crippen LogP contribution in [0.4, 0.5) is 4.39 Å². The summed E-state index contributed by atoms with van der Waals surface area (Å²) in [5, 5.41) is 9.21. The second kappa shape index (κ2) is 8.65. The Balaban J connectivity index is 2.22. The van der Waals surface area contributed by atoms with Crippen LogP contribution < -0.4 is 10.6 Å². The Bertz CT molecular complexity index is 708. The summed E-state index contributed by atoms with van der Waals surface area (Å²) >= 11 is 1.07. The molecule has 0 fully saturated rings. The first-order valence-corrected chi connectivity index (χ1v) is 7.83. The van der Waals surface area contributed by atoms with Gasteiger partial charge in [-0.25, -0.2) is 9.18 Å². The topological polar surface area (TPSA) is 91.0 Å². The molecule has 3 N–H and O–H groups in total. The zero-order valence-electron chi connectivity index (χ0n) is 12.8. The van der Waals surface area contributed by atoms with Crippen LogP contribution in [-0.4, -0.2) is 23.9 Å². The van der Waals surface area contributed by atoms with Crippen molar-refractivity contribution in [3.63, 3.8) is 0 Å². The van der Waals surface area contributed by atoms with Crippen molar-refractivity contribution in [3.8, 4) is 16.9 Å². The predicted molar refractivity (Wildman–Crippen MR) is 87.9 cm³/mol. The number of nitrogens with two attached hydrogens (primary N) is 1. The van der Waals surface area contributed by atoms with Crippen LogP contribution in [-0.2, 0) is 15.7 Å². The Morgan fingerprint density at radius 2 is 2.00 bits per heavy atom. The summed E-state index contributed by atoms with van der Waals surface area (Å²) in [6, 6.07) is 9.49. The molecule has 0 unspecified atom stereocenters. The van der Waals surface area contributed by atoms with Crippen LogP contribution in [0.2, 0.25) is 0 Å². The van der Waals surface area contributed by atoms with Gasteiger partial charge in [0.05, 0.1) is 7.11 Å². The lowest BCUT2D eigenvalue weighted by atomic mass is 10.00. The summed E-state index contributed by atoms with van der Waals surface area (Å²) in [5.74, 6) is 3.63. The van der Waals surface area contributed by atoms with Gasteiger partial charge >= 0.3 is 5.97 Å². The summed E-state index contributed by atoms with van der Waals surface area (Å²) in [6.45, 7) is 0. The second-order valence-corrected chi connectivity index (χ2v) is 5.55. The molecule has 0 aromatic heterocycles. The van der Waals surface area contributed by atoms with Gasteiger partial charge in [0.1, 0.15) is 17.1 Å². The number of aryl methyl sites for hydroxylation is 1. The number of hydrogen-bond donors (Lipinski definition) is 2. The molecule has 0 bridgehead atoms. The Labute approximate surface area is 142 Å². The fourth-order valence-corrected chi connectivity index (χ4v) is 2.63. The van der Waals surface area contributed by atoms with Gasteiger partial charge < -0.3 is 9.84 Å². The summed E-state index contributed by atoms with van der Waals surface area (Å²) in [7, 11) is 1.30. The molecule has 128 valence electrons. The van der Waals surface area contributed by atoms with Crippen molar-refractivity contribution in [2.24, 2.45) is 5.90 Å². The molecule has 6 nitrogen and oxygen atoms in total. The van der Waals surface area contributed by atoms with Crippen LogP contribution in [0.15, 0.2) is 36.4 Å². The van der Waals surface area contributed by atoms with Crippen LogP contribution in [0.25, 0.3) is 11.1 Å². The van der Waals surface area contributed by atoms with E-state index in [0.717, 1.165) is 23.7 Å². The number of rotatable bonds is 8. The molecule has 0 spiro atoms. The van der Waals surface area contributed by atoms with Crippen LogP contribution in [0.3, 0.4) is 0 Å². The van der Waals surface area contributed by atoms with Crippen molar-refractivity contribution in [2.45, 2.75) is 6.42 Å². The van der Waals surface area contributed by atoms with E-state index in [9.17, 15) is 14.3 Å². The van der Waals surface area contributed by atoms with Crippen molar-refractivity contribution in [1.82, 2.24) is 0 Å². The zero-order chi connectivity index (χ0) is 17.5. The number of ether oxygens (including phenoxy) is 1. The normalized spacial score (nSPS) is 10.6. The van der Waals surface area contributed by atoms with E-state index in [-0.39, 0.29) is 16.9 Å². The molecule has 2 aromatic carbocycles. The summed E-state index contributed by atoms with van der Waals surface area (Å²) < 4.78 is 23.6. The Hall–Kier alpha value is -2.13. The van der Waals surface area contributed by atoms with Crippen LogP contribution in [0.5, 0.6) is 5.75 Å². The maximum absolute atomic E-state index is 14.2. The first-order chi connectivity index (χ1) is 11.6. The highest BCUT2D eigenvalue weighted by atomic mass is 32.2. The van der Waals surface area contributed by atoms with Gasteiger partial charge in [0.2, 0.25) is 0 Å². The average molecular weight is 353 g/mol. The first kappa shape index (κ1) is 18.2. The monoisotopic (exact) mass is 353 g/mol. The van der Waals surface area contributed by atoms with Gasteiger partial charge in [0, 0.05) is 29.4 Å². The van der Waals surface area contributed by atoms with Gasteiger partial charge in [-0.2, -0.15) is 5.90 Å². The predicted octanol–water partition coefficient (Wildman–Crippen LogP) is 3.21. The minimum Gasteiger partial charge on any atom is -0.496 e. The smallest absolute Gasteiger partial charge is 0.339 e.